The van der Waals surface area contributed by atoms with Crippen molar-refractivity contribution in [1.29, 1.82) is 0 Å². The third-order valence-electron chi connectivity index (χ3n) is 3.80. The zero-order valence-electron chi connectivity index (χ0n) is 9.85. The van der Waals surface area contributed by atoms with Gasteiger partial charge in [-0.05, 0) is 48.9 Å². The van der Waals surface area contributed by atoms with Gasteiger partial charge in [0, 0.05) is 18.7 Å². The smallest absolute Gasteiger partial charge is 0.253 e. The van der Waals surface area contributed by atoms with Crippen molar-refractivity contribution in [3.8, 4) is 0 Å². The number of aryl methyl sites for hydroxylation is 2. The van der Waals surface area contributed by atoms with Crippen LogP contribution in [0.4, 0.5) is 0 Å². The molecular formula is C14H17NO2. The summed E-state index contributed by atoms with van der Waals surface area (Å²) in [6, 6.07) is 6.05. The van der Waals surface area contributed by atoms with Gasteiger partial charge in [0.2, 0.25) is 0 Å². The highest BCUT2D eigenvalue weighted by atomic mass is 16.3. The van der Waals surface area contributed by atoms with Gasteiger partial charge in [0.15, 0.2) is 0 Å². The third kappa shape index (κ3) is 1.95. The fraction of sp³-hybridized carbons (Fsp3) is 0.500. The second kappa shape index (κ2) is 4.15. The Morgan fingerprint density at radius 3 is 2.88 bits per heavy atom. The summed E-state index contributed by atoms with van der Waals surface area (Å²) in [6.07, 6.45) is 3.81. The van der Waals surface area contributed by atoms with Crippen LogP contribution < -0.4 is 0 Å². The standard InChI is InChI=1S/C14H17NO2/c16-13-6-7-15(9-13)14(17)12-5-4-10-2-1-3-11(10)8-12/h4-5,8,13,16H,1-3,6-7,9H2/t13-/m1/s1. The molecule has 2 aliphatic rings. The first-order valence-electron chi connectivity index (χ1n) is 6.33. The molecular weight excluding hydrogens is 214 g/mol. The maximum Gasteiger partial charge on any atom is 0.253 e. The van der Waals surface area contributed by atoms with Gasteiger partial charge in [0.05, 0.1) is 6.10 Å². The van der Waals surface area contributed by atoms with Gasteiger partial charge in [-0.3, -0.25) is 4.79 Å². The van der Waals surface area contributed by atoms with Crippen molar-refractivity contribution in [1.82, 2.24) is 4.90 Å². The molecule has 1 aliphatic heterocycles. The van der Waals surface area contributed by atoms with Crippen LogP contribution in [0.1, 0.15) is 34.3 Å². The van der Waals surface area contributed by atoms with Gasteiger partial charge in [-0.25, -0.2) is 0 Å². The molecule has 3 rings (SSSR count). The van der Waals surface area contributed by atoms with Gasteiger partial charge >= 0.3 is 0 Å². The first-order valence-corrected chi connectivity index (χ1v) is 6.33. The highest BCUT2D eigenvalue weighted by Gasteiger charge is 2.26. The minimum Gasteiger partial charge on any atom is -0.391 e. The number of carbonyl (C=O) groups is 1. The zero-order valence-corrected chi connectivity index (χ0v) is 9.85. The van der Waals surface area contributed by atoms with Crippen LogP contribution >= 0.6 is 0 Å². The molecule has 1 N–H and O–H groups in total. The number of rotatable bonds is 1. The average Bonchev–Trinajstić information content (AvgIpc) is 2.95. The minimum absolute atomic E-state index is 0.0660. The quantitative estimate of drug-likeness (QED) is 0.793. The fourth-order valence-electron chi connectivity index (χ4n) is 2.81. The summed E-state index contributed by atoms with van der Waals surface area (Å²) in [7, 11) is 0. The van der Waals surface area contributed by atoms with Crippen LogP contribution in [0.25, 0.3) is 0 Å². The molecule has 1 fully saturated rings. The third-order valence-corrected chi connectivity index (χ3v) is 3.80. The Bertz CT molecular complexity index is 456. The second-order valence-corrected chi connectivity index (χ2v) is 5.03. The number of nitrogens with zero attached hydrogens (tertiary/aromatic N) is 1. The molecule has 0 radical (unpaired) electrons. The molecule has 1 aliphatic carbocycles. The van der Waals surface area contributed by atoms with E-state index in [2.05, 4.69) is 6.07 Å². The van der Waals surface area contributed by atoms with Crippen molar-refractivity contribution in [2.75, 3.05) is 13.1 Å². The van der Waals surface area contributed by atoms with E-state index >= 15 is 0 Å². The van der Waals surface area contributed by atoms with E-state index in [4.69, 9.17) is 0 Å². The molecule has 1 aromatic carbocycles. The highest BCUT2D eigenvalue weighted by Crippen LogP contribution is 2.24. The maximum atomic E-state index is 12.2. The maximum absolute atomic E-state index is 12.2. The Morgan fingerprint density at radius 2 is 2.12 bits per heavy atom. The molecule has 0 spiro atoms. The zero-order chi connectivity index (χ0) is 11.8. The molecule has 0 bridgehead atoms. The number of β-amino-alcohol motifs (C(OH)–C–C–N with tert-alkyl or cyclic N) is 1. The van der Waals surface area contributed by atoms with Crippen LogP contribution in [0.2, 0.25) is 0 Å². The van der Waals surface area contributed by atoms with E-state index in [1.54, 1.807) is 4.90 Å². The molecule has 3 nitrogen and oxygen atoms in total. The molecule has 3 heteroatoms. The number of aliphatic hydroxyl groups is 1. The van der Waals surface area contributed by atoms with Gasteiger partial charge in [-0.15, -0.1) is 0 Å². The van der Waals surface area contributed by atoms with Crippen LogP contribution in [0.5, 0.6) is 0 Å². The summed E-state index contributed by atoms with van der Waals surface area (Å²) in [5.41, 5.74) is 3.50. The molecule has 0 aromatic heterocycles. The van der Waals surface area contributed by atoms with Crippen LogP contribution in [0.15, 0.2) is 18.2 Å². The molecule has 1 amide bonds. The van der Waals surface area contributed by atoms with E-state index in [1.807, 2.05) is 12.1 Å². The molecule has 17 heavy (non-hydrogen) atoms. The number of amides is 1. The normalized spacial score (nSPS) is 22.9. The van der Waals surface area contributed by atoms with Gasteiger partial charge in [-0.1, -0.05) is 6.07 Å². The summed E-state index contributed by atoms with van der Waals surface area (Å²) >= 11 is 0. The molecule has 1 aromatic rings. The lowest BCUT2D eigenvalue weighted by Gasteiger charge is -2.16. The van der Waals surface area contributed by atoms with Crippen molar-refractivity contribution < 1.29 is 9.90 Å². The summed E-state index contributed by atoms with van der Waals surface area (Å²) in [4.78, 5) is 14.0. The van der Waals surface area contributed by atoms with Crippen LogP contribution in [0.3, 0.4) is 0 Å². The Balaban J connectivity index is 1.82. The van der Waals surface area contributed by atoms with Crippen LogP contribution in [-0.4, -0.2) is 35.1 Å². The second-order valence-electron chi connectivity index (χ2n) is 5.03. The Kier molecular flexibility index (Phi) is 2.63. The number of likely N-dealkylation sites (tertiary alicyclic amines) is 1. The van der Waals surface area contributed by atoms with Gasteiger partial charge in [0.25, 0.3) is 5.91 Å². The number of aliphatic hydroxyl groups excluding tert-OH is 1. The summed E-state index contributed by atoms with van der Waals surface area (Å²) < 4.78 is 0. The van der Waals surface area contributed by atoms with E-state index in [1.165, 1.54) is 17.5 Å². The van der Waals surface area contributed by atoms with Crippen molar-refractivity contribution in [2.45, 2.75) is 31.8 Å². The van der Waals surface area contributed by atoms with Gasteiger partial charge < -0.3 is 10.0 Å². The number of carbonyl (C=O) groups excluding carboxylic acids is 1. The number of benzene rings is 1. The van der Waals surface area contributed by atoms with Crippen LogP contribution in [-0.2, 0) is 12.8 Å². The number of hydrogen-bond acceptors (Lipinski definition) is 2. The van der Waals surface area contributed by atoms with Crippen molar-refractivity contribution in [3.63, 3.8) is 0 Å². The lowest BCUT2D eigenvalue weighted by molar-refractivity contribution is 0.0765. The monoisotopic (exact) mass is 231 g/mol. The minimum atomic E-state index is -0.339. The lowest BCUT2D eigenvalue weighted by atomic mass is 10.1. The highest BCUT2D eigenvalue weighted by molar-refractivity contribution is 5.94. The average molecular weight is 231 g/mol. The predicted octanol–water partition coefficient (Wildman–Crippen LogP) is 1.38. The Morgan fingerprint density at radius 1 is 1.29 bits per heavy atom. The molecule has 0 saturated carbocycles. The first kappa shape index (κ1) is 10.8. The van der Waals surface area contributed by atoms with Crippen molar-refractivity contribution in [3.05, 3.63) is 34.9 Å². The summed E-state index contributed by atoms with van der Waals surface area (Å²) in [6.45, 7) is 1.16. The summed E-state index contributed by atoms with van der Waals surface area (Å²) in [5.74, 6) is 0.0660. The summed E-state index contributed by atoms with van der Waals surface area (Å²) in [5, 5.41) is 9.46. The van der Waals surface area contributed by atoms with Gasteiger partial charge in [-0.2, -0.15) is 0 Å². The van der Waals surface area contributed by atoms with Gasteiger partial charge in [0.1, 0.15) is 0 Å². The van der Waals surface area contributed by atoms with E-state index in [0.717, 1.165) is 18.4 Å². The largest absolute Gasteiger partial charge is 0.391 e. The predicted molar refractivity (Wildman–Crippen MR) is 65.0 cm³/mol. The van der Waals surface area contributed by atoms with Crippen molar-refractivity contribution in [2.24, 2.45) is 0 Å². The first-order chi connectivity index (χ1) is 8.24. The lowest BCUT2D eigenvalue weighted by Crippen LogP contribution is -2.29. The fourth-order valence-corrected chi connectivity index (χ4v) is 2.81. The topological polar surface area (TPSA) is 40.5 Å². The van der Waals surface area contributed by atoms with E-state index in [9.17, 15) is 9.90 Å². The Labute approximate surface area is 101 Å². The SMILES string of the molecule is O=C(c1ccc2c(c1)CCC2)N1CC[C@@H](O)C1. The van der Waals surface area contributed by atoms with E-state index < -0.39 is 0 Å². The molecule has 90 valence electrons. The molecule has 1 saturated heterocycles. The van der Waals surface area contributed by atoms with E-state index in [0.29, 0.717) is 19.5 Å². The van der Waals surface area contributed by atoms with Crippen LogP contribution in [0, 0.1) is 0 Å². The van der Waals surface area contributed by atoms with Crippen molar-refractivity contribution >= 4 is 5.91 Å². The number of hydrogen-bond donors (Lipinski definition) is 1. The van der Waals surface area contributed by atoms with E-state index in [-0.39, 0.29) is 12.0 Å². The molecule has 1 atom stereocenters. The Hall–Kier alpha value is -1.35. The molecule has 0 unspecified atom stereocenters. The molecule has 1 heterocycles. The number of fused-ring (bicyclic) bond motifs is 1.